The number of aromatic amines is 1. The van der Waals surface area contributed by atoms with Crippen LogP contribution in [0.15, 0.2) is 24.3 Å². The molecule has 4 nitrogen and oxygen atoms in total. The minimum atomic E-state index is -0.958. The number of fused-ring (bicyclic) bond motifs is 1. The number of methoxy groups -OCH3 is 1. The summed E-state index contributed by atoms with van der Waals surface area (Å²) >= 11 is 0. The number of aromatic nitrogens is 1. The van der Waals surface area contributed by atoms with E-state index in [9.17, 15) is 4.79 Å². The highest BCUT2D eigenvalue weighted by atomic mass is 16.5. The molecule has 0 aliphatic carbocycles. The third-order valence-electron chi connectivity index (χ3n) is 2.06. The van der Waals surface area contributed by atoms with Crippen LogP contribution in [0.25, 0.3) is 10.9 Å². The van der Waals surface area contributed by atoms with Crippen molar-refractivity contribution in [3.63, 3.8) is 0 Å². The fraction of sp³-hybridized carbons (Fsp3) is 0.100. The topological polar surface area (TPSA) is 62.3 Å². The Morgan fingerprint density at radius 3 is 2.86 bits per heavy atom. The number of hydrogen-bond donors (Lipinski definition) is 2. The van der Waals surface area contributed by atoms with Gasteiger partial charge in [0.05, 0.1) is 7.11 Å². The van der Waals surface area contributed by atoms with E-state index in [1.54, 1.807) is 25.3 Å². The second-order valence-electron chi connectivity index (χ2n) is 2.94. The number of rotatable bonds is 2. The zero-order chi connectivity index (χ0) is 10.1. The first-order valence-electron chi connectivity index (χ1n) is 4.11. The highest BCUT2D eigenvalue weighted by molar-refractivity contribution is 5.94. The smallest absolute Gasteiger partial charge is 0.352 e. The van der Waals surface area contributed by atoms with Crippen molar-refractivity contribution in [2.45, 2.75) is 0 Å². The van der Waals surface area contributed by atoms with Crippen LogP contribution in [0.5, 0.6) is 5.75 Å². The van der Waals surface area contributed by atoms with Gasteiger partial charge in [-0.3, -0.25) is 0 Å². The van der Waals surface area contributed by atoms with Crippen LogP contribution in [0.2, 0.25) is 0 Å². The third kappa shape index (κ3) is 1.31. The Morgan fingerprint density at radius 1 is 1.43 bits per heavy atom. The maximum Gasteiger partial charge on any atom is 0.352 e. The molecule has 0 unspecified atom stereocenters. The summed E-state index contributed by atoms with van der Waals surface area (Å²) in [6.07, 6.45) is 0. The van der Waals surface area contributed by atoms with Crippen molar-refractivity contribution < 1.29 is 14.6 Å². The van der Waals surface area contributed by atoms with Gasteiger partial charge in [-0.05, 0) is 18.2 Å². The van der Waals surface area contributed by atoms with Crippen LogP contribution in [-0.2, 0) is 0 Å². The van der Waals surface area contributed by atoms with Crippen LogP contribution < -0.4 is 4.74 Å². The number of nitrogens with one attached hydrogen (secondary N) is 1. The molecule has 14 heavy (non-hydrogen) atoms. The average Bonchev–Trinajstić information content (AvgIpc) is 2.59. The molecule has 0 saturated carbocycles. The second-order valence-corrected chi connectivity index (χ2v) is 2.94. The molecule has 4 heteroatoms. The summed E-state index contributed by atoms with van der Waals surface area (Å²) in [5.74, 6) is -0.253. The van der Waals surface area contributed by atoms with Crippen LogP contribution in [-0.4, -0.2) is 23.2 Å². The number of ether oxygens (including phenoxy) is 1. The Labute approximate surface area is 80.1 Å². The van der Waals surface area contributed by atoms with Gasteiger partial charge in [0, 0.05) is 17.0 Å². The van der Waals surface area contributed by atoms with Crippen LogP contribution in [0.1, 0.15) is 10.5 Å². The molecule has 0 spiro atoms. The Balaban J connectivity index is 2.60. The summed E-state index contributed by atoms with van der Waals surface area (Å²) in [6, 6.07) is 6.97. The molecule has 1 aromatic carbocycles. The van der Waals surface area contributed by atoms with E-state index in [1.165, 1.54) is 0 Å². The first-order chi connectivity index (χ1) is 6.70. The van der Waals surface area contributed by atoms with Crippen molar-refractivity contribution in [3.8, 4) is 5.75 Å². The zero-order valence-corrected chi connectivity index (χ0v) is 7.57. The van der Waals surface area contributed by atoms with Gasteiger partial charge in [0.1, 0.15) is 11.4 Å². The lowest BCUT2D eigenvalue weighted by Gasteiger charge is -1.97. The molecule has 0 atom stereocenters. The predicted molar refractivity (Wildman–Crippen MR) is 51.8 cm³/mol. The predicted octanol–water partition coefficient (Wildman–Crippen LogP) is 1.87. The lowest BCUT2D eigenvalue weighted by atomic mass is 10.2. The number of carboxylic acids is 1. The van der Waals surface area contributed by atoms with Gasteiger partial charge in [-0.2, -0.15) is 0 Å². The van der Waals surface area contributed by atoms with Crippen molar-refractivity contribution in [3.05, 3.63) is 30.0 Å². The molecular formula is C10H9NO3. The van der Waals surface area contributed by atoms with E-state index in [2.05, 4.69) is 4.98 Å². The van der Waals surface area contributed by atoms with E-state index >= 15 is 0 Å². The molecule has 0 amide bonds. The maximum atomic E-state index is 10.7. The normalized spacial score (nSPS) is 10.4. The summed E-state index contributed by atoms with van der Waals surface area (Å²) in [5, 5.41) is 9.61. The largest absolute Gasteiger partial charge is 0.497 e. The van der Waals surface area contributed by atoms with E-state index in [0.29, 0.717) is 5.75 Å². The SMILES string of the molecule is COc1ccc2cc(C(=O)O)[nH]c2c1. The fourth-order valence-electron chi connectivity index (χ4n) is 1.35. The molecule has 2 N–H and O–H groups in total. The number of benzene rings is 1. The van der Waals surface area contributed by atoms with Crippen molar-refractivity contribution in [2.24, 2.45) is 0 Å². The molecule has 2 rings (SSSR count). The number of aromatic carboxylic acids is 1. The Hall–Kier alpha value is -1.97. The summed E-state index contributed by atoms with van der Waals surface area (Å²) < 4.78 is 5.02. The van der Waals surface area contributed by atoms with Gasteiger partial charge < -0.3 is 14.8 Å². The second kappa shape index (κ2) is 3.06. The Kier molecular flexibility index (Phi) is 1.89. The number of hydrogen-bond acceptors (Lipinski definition) is 2. The van der Waals surface area contributed by atoms with Crippen molar-refractivity contribution in [1.29, 1.82) is 0 Å². The standard InChI is InChI=1S/C10H9NO3/c1-14-7-3-2-6-4-9(10(12)13)11-8(6)5-7/h2-5,11H,1H3,(H,12,13). The van der Waals surface area contributed by atoms with Crippen LogP contribution in [0, 0.1) is 0 Å². The molecule has 0 aliphatic rings. The van der Waals surface area contributed by atoms with Gasteiger partial charge in [0.25, 0.3) is 0 Å². The number of H-pyrrole nitrogens is 1. The van der Waals surface area contributed by atoms with Gasteiger partial charge in [0.2, 0.25) is 0 Å². The van der Waals surface area contributed by atoms with E-state index < -0.39 is 5.97 Å². The van der Waals surface area contributed by atoms with E-state index in [1.807, 2.05) is 6.07 Å². The van der Waals surface area contributed by atoms with Gasteiger partial charge in [-0.25, -0.2) is 4.79 Å². The lowest BCUT2D eigenvalue weighted by Crippen LogP contribution is -1.94. The van der Waals surface area contributed by atoms with Crippen LogP contribution in [0.4, 0.5) is 0 Å². The molecule has 0 aliphatic heterocycles. The first-order valence-corrected chi connectivity index (χ1v) is 4.11. The van der Waals surface area contributed by atoms with Gasteiger partial charge in [0.15, 0.2) is 0 Å². The molecule has 0 saturated heterocycles. The summed E-state index contributed by atoms with van der Waals surface area (Å²) in [7, 11) is 1.57. The monoisotopic (exact) mass is 191 g/mol. The summed E-state index contributed by atoms with van der Waals surface area (Å²) in [5.41, 5.74) is 0.954. The molecule has 0 bridgehead atoms. The van der Waals surface area contributed by atoms with Gasteiger partial charge in [-0.1, -0.05) is 0 Å². The van der Waals surface area contributed by atoms with Gasteiger partial charge in [-0.15, -0.1) is 0 Å². The minimum Gasteiger partial charge on any atom is -0.497 e. The van der Waals surface area contributed by atoms with Gasteiger partial charge >= 0.3 is 5.97 Å². The van der Waals surface area contributed by atoms with Crippen molar-refractivity contribution in [2.75, 3.05) is 7.11 Å². The Morgan fingerprint density at radius 2 is 2.21 bits per heavy atom. The minimum absolute atomic E-state index is 0.188. The lowest BCUT2D eigenvalue weighted by molar-refractivity contribution is 0.0691. The van der Waals surface area contributed by atoms with Crippen LogP contribution >= 0.6 is 0 Å². The fourth-order valence-corrected chi connectivity index (χ4v) is 1.35. The zero-order valence-electron chi connectivity index (χ0n) is 7.57. The van der Waals surface area contributed by atoms with Crippen molar-refractivity contribution >= 4 is 16.9 Å². The Bertz CT molecular complexity index is 487. The van der Waals surface area contributed by atoms with E-state index in [0.717, 1.165) is 10.9 Å². The maximum absolute atomic E-state index is 10.7. The van der Waals surface area contributed by atoms with E-state index in [4.69, 9.17) is 9.84 Å². The van der Waals surface area contributed by atoms with Crippen molar-refractivity contribution in [1.82, 2.24) is 4.98 Å². The molecule has 72 valence electrons. The highest BCUT2D eigenvalue weighted by Crippen LogP contribution is 2.20. The number of carbonyl (C=O) groups is 1. The molecule has 1 heterocycles. The van der Waals surface area contributed by atoms with E-state index in [-0.39, 0.29) is 5.69 Å². The quantitative estimate of drug-likeness (QED) is 0.761. The molecule has 1 aromatic heterocycles. The molecule has 0 fully saturated rings. The molecule has 2 aromatic rings. The molecular weight excluding hydrogens is 182 g/mol. The first kappa shape index (κ1) is 8.62. The summed E-state index contributed by atoms with van der Waals surface area (Å²) in [6.45, 7) is 0. The highest BCUT2D eigenvalue weighted by Gasteiger charge is 2.07. The summed E-state index contributed by atoms with van der Waals surface area (Å²) in [4.78, 5) is 13.5. The average molecular weight is 191 g/mol. The number of carboxylic acid groups (broad SMARTS) is 1. The third-order valence-corrected chi connectivity index (χ3v) is 2.06. The van der Waals surface area contributed by atoms with Crippen LogP contribution in [0.3, 0.4) is 0 Å². The molecule has 0 radical (unpaired) electrons.